The summed E-state index contributed by atoms with van der Waals surface area (Å²) in [7, 11) is 0. The monoisotopic (exact) mass is 322 g/mol. The topological polar surface area (TPSA) is 32.3 Å². The van der Waals surface area contributed by atoms with Crippen LogP contribution in [0, 0.1) is 0 Å². The van der Waals surface area contributed by atoms with E-state index < -0.39 is 0 Å². The summed E-state index contributed by atoms with van der Waals surface area (Å²) in [5.41, 5.74) is 1.40. The third kappa shape index (κ3) is 3.59. The minimum atomic E-state index is 0.471. The summed E-state index contributed by atoms with van der Waals surface area (Å²) in [5, 5.41) is 0. The largest absolute Gasteiger partial charge is 0.352 e. The molecule has 4 rings (SSSR count). The lowest BCUT2D eigenvalue weighted by atomic mass is 10.2. The first kappa shape index (κ1) is 15.6. The summed E-state index contributed by atoms with van der Waals surface area (Å²) < 4.78 is 0. The molecule has 4 heteroatoms. The van der Waals surface area contributed by atoms with E-state index in [4.69, 9.17) is 4.98 Å². The molecular weight excluding hydrogens is 296 g/mol. The molecule has 4 nitrogen and oxygen atoms in total. The molecule has 2 fully saturated rings. The van der Waals surface area contributed by atoms with Gasteiger partial charge in [-0.05, 0) is 37.8 Å². The van der Waals surface area contributed by atoms with Gasteiger partial charge in [0.2, 0.25) is 0 Å². The van der Waals surface area contributed by atoms with Gasteiger partial charge in [-0.15, -0.1) is 0 Å². The van der Waals surface area contributed by atoms with Crippen LogP contribution in [0.1, 0.15) is 43.5 Å². The minimum Gasteiger partial charge on any atom is -0.352 e. The average molecular weight is 322 g/mol. The molecular formula is C20H26N4. The van der Waals surface area contributed by atoms with Crippen LogP contribution in [0.5, 0.6) is 0 Å². The van der Waals surface area contributed by atoms with Crippen LogP contribution in [0.2, 0.25) is 0 Å². The van der Waals surface area contributed by atoms with Crippen LogP contribution in [0.4, 0.5) is 5.82 Å². The zero-order valence-electron chi connectivity index (χ0n) is 14.4. The number of hydrogen-bond donors (Lipinski definition) is 0. The molecule has 2 heterocycles. The third-order valence-electron chi connectivity index (χ3n) is 5.07. The highest BCUT2D eigenvalue weighted by atomic mass is 15.3. The first-order valence-electron chi connectivity index (χ1n) is 9.15. The third-order valence-corrected chi connectivity index (χ3v) is 5.07. The molecule has 0 N–H and O–H groups in total. The average Bonchev–Trinajstić information content (AvgIpc) is 3.44. The Morgan fingerprint density at radius 2 is 1.92 bits per heavy atom. The second kappa shape index (κ2) is 6.89. The Balaban J connectivity index is 1.45. The number of hydrogen-bond acceptors (Lipinski definition) is 4. The van der Waals surface area contributed by atoms with Crippen molar-refractivity contribution in [3.63, 3.8) is 0 Å². The number of rotatable bonds is 4. The molecule has 126 valence electrons. The van der Waals surface area contributed by atoms with Gasteiger partial charge in [0, 0.05) is 44.3 Å². The van der Waals surface area contributed by atoms with Crippen molar-refractivity contribution in [1.82, 2.24) is 14.9 Å². The van der Waals surface area contributed by atoms with E-state index in [1.807, 2.05) is 6.20 Å². The van der Waals surface area contributed by atoms with Gasteiger partial charge in [-0.3, -0.25) is 4.90 Å². The summed E-state index contributed by atoms with van der Waals surface area (Å²) in [6.07, 6.45) is 5.63. The van der Waals surface area contributed by atoms with Crippen molar-refractivity contribution >= 4 is 5.82 Å². The van der Waals surface area contributed by atoms with E-state index in [9.17, 15) is 0 Å². The Bertz CT molecular complexity index is 668. The first-order chi connectivity index (χ1) is 11.8. The van der Waals surface area contributed by atoms with Crippen molar-refractivity contribution in [2.24, 2.45) is 0 Å². The summed E-state index contributed by atoms with van der Waals surface area (Å²) in [6.45, 7) is 6.67. The van der Waals surface area contributed by atoms with Gasteiger partial charge in [-0.25, -0.2) is 9.97 Å². The highest BCUT2D eigenvalue weighted by Crippen LogP contribution is 2.38. The zero-order valence-corrected chi connectivity index (χ0v) is 14.4. The molecule has 1 saturated heterocycles. The van der Waals surface area contributed by atoms with Crippen LogP contribution in [-0.4, -0.2) is 40.5 Å². The molecule has 1 aliphatic heterocycles. The first-order valence-corrected chi connectivity index (χ1v) is 9.15. The van der Waals surface area contributed by atoms with Gasteiger partial charge >= 0.3 is 0 Å². The Morgan fingerprint density at radius 3 is 2.71 bits per heavy atom. The van der Waals surface area contributed by atoms with Gasteiger partial charge in [0.05, 0.1) is 0 Å². The molecule has 1 unspecified atom stereocenters. The predicted molar refractivity (Wildman–Crippen MR) is 97.2 cm³/mol. The predicted octanol–water partition coefficient (Wildman–Crippen LogP) is 3.45. The maximum absolute atomic E-state index is 4.86. The number of benzene rings is 1. The summed E-state index contributed by atoms with van der Waals surface area (Å²) in [5.74, 6) is 2.77. The Kier molecular flexibility index (Phi) is 4.48. The summed E-state index contributed by atoms with van der Waals surface area (Å²) in [6, 6.07) is 13.3. The van der Waals surface area contributed by atoms with Crippen molar-refractivity contribution in [2.75, 3.05) is 24.5 Å². The van der Waals surface area contributed by atoms with Gasteiger partial charge in [0.15, 0.2) is 0 Å². The molecule has 1 atom stereocenters. The van der Waals surface area contributed by atoms with Gasteiger partial charge in [0.25, 0.3) is 0 Å². The highest BCUT2D eigenvalue weighted by molar-refractivity contribution is 5.40. The lowest BCUT2D eigenvalue weighted by molar-refractivity contribution is 0.268. The molecule has 0 spiro atoms. The smallest absolute Gasteiger partial charge is 0.133 e. The number of nitrogens with zero attached hydrogens (tertiary/aromatic N) is 4. The van der Waals surface area contributed by atoms with Crippen molar-refractivity contribution in [1.29, 1.82) is 0 Å². The van der Waals surface area contributed by atoms with Gasteiger partial charge < -0.3 is 4.90 Å². The lowest BCUT2D eigenvalue weighted by Gasteiger charge is -2.30. The maximum Gasteiger partial charge on any atom is 0.133 e. The van der Waals surface area contributed by atoms with Gasteiger partial charge in [0.1, 0.15) is 11.6 Å². The summed E-state index contributed by atoms with van der Waals surface area (Å²) >= 11 is 0. The molecule has 0 amide bonds. The molecule has 2 aliphatic rings. The second-order valence-corrected chi connectivity index (χ2v) is 7.16. The Hall–Kier alpha value is -1.94. The van der Waals surface area contributed by atoms with Crippen molar-refractivity contribution in [2.45, 2.75) is 44.7 Å². The minimum absolute atomic E-state index is 0.471. The highest BCUT2D eigenvalue weighted by Gasteiger charge is 2.28. The normalized spacial score (nSPS) is 22.4. The molecule has 1 aromatic carbocycles. The SMILES string of the molecule is CC1CN(Cc2ccccc2)CCCN1c1ccnc(C2CC2)n1. The molecule has 2 aromatic rings. The fraction of sp³-hybridized carbons (Fsp3) is 0.500. The summed E-state index contributed by atoms with van der Waals surface area (Å²) in [4.78, 5) is 14.4. The standard InChI is InChI=1S/C20H26N4/c1-16-14-23(15-17-6-3-2-4-7-17)12-5-13-24(16)19-10-11-21-20(22-19)18-8-9-18/h2-4,6-7,10-11,16,18H,5,8-9,12-15H2,1H3. The van der Waals surface area contributed by atoms with Crippen LogP contribution < -0.4 is 4.90 Å². The van der Waals surface area contributed by atoms with E-state index in [0.29, 0.717) is 12.0 Å². The van der Waals surface area contributed by atoms with Crippen molar-refractivity contribution in [3.05, 3.63) is 54.0 Å². The molecule has 0 bridgehead atoms. The Labute approximate surface area is 144 Å². The van der Waals surface area contributed by atoms with E-state index in [0.717, 1.165) is 37.8 Å². The molecule has 1 saturated carbocycles. The van der Waals surface area contributed by atoms with Crippen LogP contribution in [-0.2, 0) is 6.54 Å². The molecule has 0 radical (unpaired) electrons. The number of anilines is 1. The zero-order chi connectivity index (χ0) is 16.4. The molecule has 1 aliphatic carbocycles. The lowest BCUT2D eigenvalue weighted by Crippen LogP contribution is -2.39. The van der Waals surface area contributed by atoms with E-state index >= 15 is 0 Å². The van der Waals surface area contributed by atoms with Gasteiger partial charge in [-0.2, -0.15) is 0 Å². The van der Waals surface area contributed by atoms with Crippen molar-refractivity contribution in [3.8, 4) is 0 Å². The fourth-order valence-electron chi connectivity index (χ4n) is 3.64. The quantitative estimate of drug-likeness (QED) is 0.863. The van der Waals surface area contributed by atoms with E-state index in [1.165, 1.54) is 24.8 Å². The van der Waals surface area contributed by atoms with Crippen LogP contribution in [0.3, 0.4) is 0 Å². The van der Waals surface area contributed by atoms with Crippen molar-refractivity contribution < 1.29 is 0 Å². The number of aromatic nitrogens is 2. The van der Waals surface area contributed by atoms with E-state index in [-0.39, 0.29) is 0 Å². The van der Waals surface area contributed by atoms with Crippen LogP contribution >= 0.6 is 0 Å². The molecule has 1 aromatic heterocycles. The van der Waals surface area contributed by atoms with Gasteiger partial charge in [-0.1, -0.05) is 30.3 Å². The van der Waals surface area contributed by atoms with E-state index in [2.05, 4.69) is 58.1 Å². The fourth-order valence-corrected chi connectivity index (χ4v) is 3.64. The molecule has 24 heavy (non-hydrogen) atoms. The second-order valence-electron chi connectivity index (χ2n) is 7.16. The Morgan fingerprint density at radius 1 is 1.08 bits per heavy atom. The van der Waals surface area contributed by atoms with E-state index in [1.54, 1.807) is 0 Å². The van der Waals surface area contributed by atoms with Crippen LogP contribution in [0.25, 0.3) is 0 Å². The van der Waals surface area contributed by atoms with Crippen LogP contribution in [0.15, 0.2) is 42.6 Å². The maximum atomic E-state index is 4.86.